The van der Waals surface area contributed by atoms with Crippen molar-refractivity contribution in [3.05, 3.63) is 0 Å². The monoisotopic (exact) mass is 224 g/mol. The average Bonchev–Trinajstić information content (AvgIpc) is 1.20. The molecule has 0 fully saturated rings. The fraction of sp³-hybridized carbons (Fsp3) is 1.00. The van der Waals surface area contributed by atoms with E-state index in [1.165, 1.54) is 0 Å². The predicted molar refractivity (Wildman–Crippen MR) is 31.6 cm³/mol. The topological polar surface area (TPSA) is 0 Å². The van der Waals surface area contributed by atoms with Crippen LogP contribution >= 0.6 is 38.7 Å². The Morgan fingerprint density at radius 3 is 1.11 bits per heavy atom. The number of hydrogen-bond acceptors (Lipinski definition) is 0. The van der Waals surface area contributed by atoms with Gasteiger partial charge in [0.05, 0.1) is 0 Å². The summed E-state index contributed by atoms with van der Waals surface area (Å²) in [5.41, 5.74) is 0. The Labute approximate surface area is 62.5 Å². The Kier molecular flexibility index (Phi) is 2.23. The van der Waals surface area contributed by atoms with Crippen LogP contribution in [0.15, 0.2) is 0 Å². The Bertz CT molecular complexity index is 111. The van der Waals surface area contributed by atoms with Crippen LogP contribution in [0.4, 0.5) is 17.4 Å². The van der Waals surface area contributed by atoms with E-state index >= 15 is 0 Å². The molecular formula is CCl3F4P. The minimum atomic E-state index is -6.40. The van der Waals surface area contributed by atoms with E-state index in [-0.39, 0.29) is 0 Å². The number of hydrogen-bond donors (Lipinski definition) is 0. The molecular weight excluding hydrogens is 225 g/mol. The molecule has 0 saturated carbocycles. The minimum absolute atomic E-state index is 4.13. The van der Waals surface area contributed by atoms with Gasteiger partial charge in [-0.15, -0.1) is 0 Å². The predicted octanol–water partition coefficient (Wildman–Crippen LogP) is 4.41. The van der Waals surface area contributed by atoms with Gasteiger partial charge in [-0.3, -0.25) is 0 Å². The van der Waals surface area contributed by atoms with E-state index in [0.717, 1.165) is 0 Å². The van der Waals surface area contributed by atoms with Crippen molar-refractivity contribution in [2.24, 2.45) is 0 Å². The van der Waals surface area contributed by atoms with Gasteiger partial charge in [0, 0.05) is 0 Å². The summed E-state index contributed by atoms with van der Waals surface area (Å²) in [7, 11) is 0. The van der Waals surface area contributed by atoms with E-state index in [1.807, 2.05) is 0 Å². The molecule has 0 atom stereocenters. The summed E-state index contributed by atoms with van der Waals surface area (Å²) in [6, 6.07) is 0. The first-order chi connectivity index (χ1) is 3.51. The van der Waals surface area contributed by atoms with Crippen molar-refractivity contribution < 1.29 is 17.4 Å². The molecule has 0 aromatic heterocycles. The molecule has 0 saturated heterocycles. The summed E-state index contributed by atoms with van der Waals surface area (Å²) in [5.74, 6) is -5.36. The van der Waals surface area contributed by atoms with Crippen LogP contribution in [-0.4, -0.2) is 5.92 Å². The van der Waals surface area contributed by atoms with E-state index < -0.39 is 10.9 Å². The summed E-state index contributed by atoms with van der Waals surface area (Å²) < 4.78 is 45.6. The van der Waals surface area contributed by atoms with E-state index in [4.69, 9.17) is 0 Å². The van der Waals surface area contributed by atoms with Gasteiger partial charge in [-0.05, 0) is 0 Å². The number of halogens is 7. The molecule has 0 bridgehead atoms. The zero-order valence-corrected chi connectivity index (χ0v) is 6.76. The molecule has 0 rings (SSSR count). The van der Waals surface area contributed by atoms with Crippen LogP contribution in [0.2, 0.25) is 0 Å². The molecule has 0 unspecified atom stereocenters. The maximum atomic E-state index is 11.9. The summed E-state index contributed by atoms with van der Waals surface area (Å²) in [6.07, 6.45) is 0. The molecule has 0 aromatic carbocycles. The molecule has 0 aliphatic rings. The standard InChI is InChI=1S/CCl3F4P/c2-9(3,4,8)1(5,6)7. The molecule has 0 nitrogen and oxygen atoms in total. The Morgan fingerprint density at radius 1 is 1.00 bits per heavy atom. The van der Waals surface area contributed by atoms with Gasteiger partial charge < -0.3 is 0 Å². The summed E-state index contributed by atoms with van der Waals surface area (Å²) in [6.45, 7) is 0. The van der Waals surface area contributed by atoms with Gasteiger partial charge in [-0.2, -0.15) is 0 Å². The van der Waals surface area contributed by atoms with Crippen molar-refractivity contribution >= 4 is 38.7 Å². The third-order valence-electron chi connectivity index (χ3n) is 0.383. The van der Waals surface area contributed by atoms with E-state index in [9.17, 15) is 17.4 Å². The fourth-order valence-corrected chi connectivity index (χ4v) is 0. The van der Waals surface area contributed by atoms with Crippen molar-refractivity contribution in [2.75, 3.05) is 0 Å². The molecule has 58 valence electrons. The van der Waals surface area contributed by atoms with Crippen LogP contribution in [0.1, 0.15) is 0 Å². The van der Waals surface area contributed by atoms with Crippen LogP contribution in [0.25, 0.3) is 0 Å². The number of rotatable bonds is 0. The van der Waals surface area contributed by atoms with Crippen LogP contribution in [-0.2, 0) is 0 Å². The second-order valence-electron chi connectivity index (χ2n) is 1.19. The first-order valence-electron chi connectivity index (χ1n) is 1.47. The second-order valence-corrected chi connectivity index (χ2v) is 10.4. The second kappa shape index (κ2) is 2.00. The van der Waals surface area contributed by atoms with Gasteiger partial charge in [0.2, 0.25) is 0 Å². The summed E-state index contributed by atoms with van der Waals surface area (Å²) >= 11 is 12.4. The van der Waals surface area contributed by atoms with Gasteiger partial charge >= 0.3 is 62.0 Å². The van der Waals surface area contributed by atoms with Gasteiger partial charge in [-0.1, -0.05) is 0 Å². The average molecular weight is 225 g/mol. The van der Waals surface area contributed by atoms with E-state index in [2.05, 4.69) is 33.7 Å². The Hall–Kier alpha value is 1.02. The van der Waals surface area contributed by atoms with Crippen LogP contribution in [0.5, 0.6) is 0 Å². The molecule has 0 aromatic rings. The molecule has 0 amide bonds. The van der Waals surface area contributed by atoms with Crippen LogP contribution in [0.3, 0.4) is 0 Å². The molecule has 9 heavy (non-hydrogen) atoms. The summed E-state index contributed by atoms with van der Waals surface area (Å²) in [5, 5.41) is 0. The van der Waals surface area contributed by atoms with Crippen LogP contribution < -0.4 is 0 Å². The number of alkyl halides is 3. The van der Waals surface area contributed by atoms with Crippen molar-refractivity contribution in [1.29, 1.82) is 0 Å². The van der Waals surface area contributed by atoms with Crippen LogP contribution in [0, 0.1) is 0 Å². The first-order valence-corrected chi connectivity index (χ1v) is 6.31. The Balaban J connectivity index is 4.56. The molecule has 8 heteroatoms. The zero-order valence-electron chi connectivity index (χ0n) is 3.59. The van der Waals surface area contributed by atoms with Crippen molar-refractivity contribution in [2.45, 2.75) is 5.92 Å². The molecule has 0 aliphatic heterocycles. The fourth-order valence-electron chi connectivity index (χ4n) is 0. The van der Waals surface area contributed by atoms with Gasteiger partial charge in [-0.25, -0.2) is 0 Å². The maximum absolute atomic E-state index is 11.9. The SMILES string of the molecule is FC(F)(F)P(F)(Cl)(Cl)Cl. The van der Waals surface area contributed by atoms with Crippen molar-refractivity contribution in [3.63, 3.8) is 0 Å². The van der Waals surface area contributed by atoms with E-state index in [1.54, 1.807) is 0 Å². The third-order valence-corrected chi connectivity index (χ3v) is 2.87. The zero-order chi connectivity index (χ0) is 7.95. The quantitative estimate of drug-likeness (QED) is 0.423. The van der Waals surface area contributed by atoms with Crippen molar-refractivity contribution in [1.82, 2.24) is 0 Å². The van der Waals surface area contributed by atoms with Gasteiger partial charge in [0.1, 0.15) is 0 Å². The Morgan fingerprint density at radius 2 is 1.11 bits per heavy atom. The first kappa shape index (κ1) is 10.0. The van der Waals surface area contributed by atoms with Gasteiger partial charge in [0.25, 0.3) is 0 Å². The molecule has 0 N–H and O–H groups in total. The van der Waals surface area contributed by atoms with Gasteiger partial charge in [0.15, 0.2) is 0 Å². The summed E-state index contributed by atoms with van der Waals surface area (Å²) in [4.78, 5) is -6.40. The normalized spacial score (nSPS) is 18.8. The molecule has 0 radical (unpaired) electrons. The molecule has 0 aliphatic carbocycles. The molecule has 0 spiro atoms. The van der Waals surface area contributed by atoms with Crippen molar-refractivity contribution in [3.8, 4) is 0 Å². The molecule has 0 heterocycles. The third kappa shape index (κ3) is 2.62. The van der Waals surface area contributed by atoms with E-state index in [0.29, 0.717) is 0 Å².